The summed E-state index contributed by atoms with van der Waals surface area (Å²) in [7, 11) is 0. The highest BCUT2D eigenvalue weighted by Gasteiger charge is 2.32. The van der Waals surface area contributed by atoms with Crippen molar-refractivity contribution in [3.05, 3.63) is 23.8 Å². The summed E-state index contributed by atoms with van der Waals surface area (Å²) in [6.07, 6.45) is -2.93. The predicted molar refractivity (Wildman–Crippen MR) is 50.2 cm³/mol. The zero-order valence-corrected chi connectivity index (χ0v) is 8.89. The molecule has 0 N–H and O–H groups in total. The van der Waals surface area contributed by atoms with Gasteiger partial charge in [0.2, 0.25) is 0 Å². The first kappa shape index (κ1) is 11.9. The zero-order valence-electron chi connectivity index (χ0n) is 8.89. The highest BCUT2D eigenvalue weighted by Crippen LogP contribution is 2.28. The topological polar surface area (TPSA) is 25.8 Å². The fraction of sp³-hybridized carbons (Fsp3) is 0.600. The standard InChI is InChI=1S/C10H13F3N2/c1-9(2,3)5-7-4-8(10(11,12)13)15-6-14-7/h4,6H,5H2,1-3H3. The predicted octanol–water partition coefficient (Wildman–Crippen LogP) is 3.08. The second-order valence-electron chi connectivity index (χ2n) is 4.63. The Balaban J connectivity index is 2.94. The van der Waals surface area contributed by atoms with E-state index in [-0.39, 0.29) is 5.41 Å². The van der Waals surface area contributed by atoms with Gasteiger partial charge in [-0.25, -0.2) is 9.97 Å². The van der Waals surface area contributed by atoms with E-state index in [2.05, 4.69) is 9.97 Å². The maximum absolute atomic E-state index is 12.3. The largest absolute Gasteiger partial charge is 0.433 e. The van der Waals surface area contributed by atoms with E-state index in [0.717, 1.165) is 12.4 Å². The minimum Gasteiger partial charge on any atom is -0.241 e. The van der Waals surface area contributed by atoms with Gasteiger partial charge in [-0.3, -0.25) is 0 Å². The molecule has 1 aromatic rings. The Morgan fingerprint density at radius 2 is 1.73 bits per heavy atom. The van der Waals surface area contributed by atoms with Crippen LogP contribution in [0, 0.1) is 5.41 Å². The van der Waals surface area contributed by atoms with E-state index in [1.54, 1.807) is 0 Å². The number of aromatic nitrogens is 2. The van der Waals surface area contributed by atoms with Crippen molar-refractivity contribution < 1.29 is 13.2 Å². The Hall–Kier alpha value is -1.13. The molecule has 0 saturated carbocycles. The maximum Gasteiger partial charge on any atom is 0.433 e. The summed E-state index contributed by atoms with van der Waals surface area (Å²) in [5.74, 6) is 0. The molecular weight excluding hydrogens is 205 g/mol. The number of hydrogen-bond acceptors (Lipinski definition) is 2. The van der Waals surface area contributed by atoms with Gasteiger partial charge in [-0.15, -0.1) is 0 Å². The Morgan fingerprint density at radius 1 is 1.13 bits per heavy atom. The van der Waals surface area contributed by atoms with Crippen molar-refractivity contribution in [2.45, 2.75) is 33.4 Å². The fourth-order valence-corrected chi connectivity index (χ4v) is 1.19. The average molecular weight is 218 g/mol. The molecular formula is C10H13F3N2. The lowest BCUT2D eigenvalue weighted by atomic mass is 9.90. The van der Waals surface area contributed by atoms with Crippen LogP contribution in [0.2, 0.25) is 0 Å². The second-order valence-corrected chi connectivity index (χ2v) is 4.63. The van der Waals surface area contributed by atoms with E-state index in [0.29, 0.717) is 12.1 Å². The smallest absolute Gasteiger partial charge is 0.241 e. The molecule has 0 aliphatic rings. The van der Waals surface area contributed by atoms with Crippen LogP contribution in [0.25, 0.3) is 0 Å². The van der Waals surface area contributed by atoms with Crippen LogP contribution in [0.4, 0.5) is 13.2 Å². The molecule has 0 fully saturated rings. The fourth-order valence-electron chi connectivity index (χ4n) is 1.19. The number of nitrogens with zero attached hydrogens (tertiary/aromatic N) is 2. The Kier molecular flexibility index (Phi) is 3.02. The van der Waals surface area contributed by atoms with Crippen molar-refractivity contribution in [3.63, 3.8) is 0 Å². The molecule has 0 saturated heterocycles. The van der Waals surface area contributed by atoms with Crippen LogP contribution in [0.3, 0.4) is 0 Å². The van der Waals surface area contributed by atoms with E-state index in [4.69, 9.17) is 0 Å². The highest BCUT2D eigenvalue weighted by atomic mass is 19.4. The molecule has 0 spiro atoms. The molecule has 0 atom stereocenters. The molecule has 0 aliphatic heterocycles. The minimum atomic E-state index is -4.39. The van der Waals surface area contributed by atoms with Crippen LogP contribution in [0.1, 0.15) is 32.2 Å². The van der Waals surface area contributed by atoms with E-state index >= 15 is 0 Å². The molecule has 1 rings (SSSR count). The van der Waals surface area contributed by atoms with Crippen molar-refractivity contribution in [2.75, 3.05) is 0 Å². The summed E-state index contributed by atoms with van der Waals surface area (Å²) in [5.41, 5.74) is -0.543. The summed E-state index contributed by atoms with van der Waals surface area (Å²) in [4.78, 5) is 7.03. The van der Waals surface area contributed by atoms with E-state index in [9.17, 15) is 13.2 Å². The number of halogens is 3. The lowest BCUT2D eigenvalue weighted by molar-refractivity contribution is -0.141. The molecule has 5 heteroatoms. The van der Waals surface area contributed by atoms with Gasteiger partial charge in [0.1, 0.15) is 12.0 Å². The van der Waals surface area contributed by atoms with Crippen LogP contribution >= 0.6 is 0 Å². The van der Waals surface area contributed by atoms with Gasteiger partial charge in [0.25, 0.3) is 0 Å². The molecule has 2 nitrogen and oxygen atoms in total. The third-order valence-electron chi connectivity index (χ3n) is 1.73. The van der Waals surface area contributed by atoms with Crippen LogP contribution in [0.15, 0.2) is 12.4 Å². The average Bonchev–Trinajstić information content (AvgIpc) is 1.99. The Bertz CT molecular complexity index is 339. The van der Waals surface area contributed by atoms with Gasteiger partial charge in [-0.1, -0.05) is 20.8 Å². The van der Waals surface area contributed by atoms with Crippen molar-refractivity contribution in [1.29, 1.82) is 0 Å². The van der Waals surface area contributed by atoms with Gasteiger partial charge < -0.3 is 0 Å². The van der Waals surface area contributed by atoms with Gasteiger partial charge >= 0.3 is 6.18 Å². The molecule has 0 amide bonds. The first-order valence-electron chi connectivity index (χ1n) is 4.57. The van der Waals surface area contributed by atoms with E-state index in [1.165, 1.54) is 0 Å². The maximum atomic E-state index is 12.3. The molecule has 0 bridgehead atoms. The zero-order chi connectivity index (χ0) is 11.7. The van der Waals surface area contributed by atoms with Crippen molar-refractivity contribution in [3.8, 4) is 0 Å². The molecule has 0 radical (unpaired) electrons. The Labute approximate surface area is 86.6 Å². The van der Waals surface area contributed by atoms with Crippen molar-refractivity contribution in [2.24, 2.45) is 5.41 Å². The number of rotatable bonds is 1. The van der Waals surface area contributed by atoms with Crippen LogP contribution in [-0.4, -0.2) is 9.97 Å². The summed E-state index contributed by atoms with van der Waals surface area (Å²) in [6.45, 7) is 5.84. The molecule has 1 heterocycles. The van der Waals surface area contributed by atoms with E-state index < -0.39 is 11.9 Å². The first-order valence-corrected chi connectivity index (χ1v) is 4.57. The van der Waals surface area contributed by atoms with Crippen LogP contribution in [0.5, 0.6) is 0 Å². The molecule has 15 heavy (non-hydrogen) atoms. The quantitative estimate of drug-likeness (QED) is 0.723. The summed E-state index contributed by atoms with van der Waals surface area (Å²) >= 11 is 0. The summed E-state index contributed by atoms with van der Waals surface area (Å²) in [5, 5.41) is 0. The highest BCUT2D eigenvalue weighted by molar-refractivity contribution is 5.12. The monoisotopic (exact) mass is 218 g/mol. The first-order chi connectivity index (χ1) is 6.68. The van der Waals surface area contributed by atoms with Crippen LogP contribution in [-0.2, 0) is 12.6 Å². The third-order valence-corrected chi connectivity index (χ3v) is 1.73. The molecule has 1 aromatic heterocycles. The number of alkyl halides is 3. The molecule has 0 aliphatic carbocycles. The normalized spacial score (nSPS) is 12.9. The number of hydrogen-bond donors (Lipinski definition) is 0. The van der Waals surface area contributed by atoms with Gasteiger partial charge in [-0.05, 0) is 17.9 Å². The van der Waals surface area contributed by atoms with Crippen LogP contribution < -0.4 is 0 Å². The lowest BCUT2D eigenvalue weighted by Gasteiger charge is -2.17. The molecule has 84 valence electrons. The summed E-state index contributed by atoms with van der Waals surface area (Å²) in [6, 6.07) is 1.01. The van der Waals surface area contributed by atoms with Crippen molar-refractivity contribution >= 4 is 0 Å². The van der Waals surface area contributed by atoms with Gasteiger partial charge in [-0.2, -0.15) is 13.2 Å². The van der Waals surface area contributed by atoms with Gasteiger partial charge in [0.05, 0.1) is 0 Å². The third kappa shape index (κ3) is 3.85. The van der Waals surface area contributed by atoms with Crippen molar-refractivity contribution in [1.82, 2.24) is 9.97 Å². The second kappa shape index (κ2) is 3.79. The Morgan fingerprint density at radius 3 is 2.20 bits per heavy atom. The molecule has 0 unspecified atom stereocenters. The van der Waals surface area contributed by atoms with Gasteiger partial charge in [0, 0.05) is 5.69 Å². The lowest BCUT2D eigenvalue weighted by Crippen LogP contribution is -2.14. The summed E-state index contributed by atoms with van der Waals surface area (Å²) < 4.78 is 36.9. The minimum absolute atomic E-state index is 0.0861. The SMILES string of the molecule is CC(C)(C)Cc1cc(C(F)(F)F)ncn1. The molecule has 0 aromatic carbocycles. The van der Waals surface area contributed by atoms with Gasteiger partial charge in [0.15, 0.2) is 0 Å². The van der Waals surface area contributed by atoms with E-state index in [1.807, 2.05) is 20.8 Å².